The SMILES string of the molecule is N#CC1C=C(c2cccc(-c3nc(-c4ccccc4)nc(-c4ccc5c(c4)C(c4ccccc4)(c4ccccc4)c4ccccc4-5)n3)c2)C=CC1. The number of hydrogen-bond acceptors (Lipinski definition) is 4. The summed E-state index contributed by atoms with van der Waals surface area (Å²) in [4.78, 5) is 15.3. The van der Waals surface area contributed by atoms with Crippen molar-refractivity contribution in [3.8, 4) is 51.4 Å². The van der Waals surface area contributed by atoms with Crippen molar-refractivity contribution in [3.63, 3.8) is 0 Å². The molecule has 1 atom stereocenters. The van der Waals surface area contributed by atoms with Gasteiger partial charge >= 0.3 is 0 Å². The molecule has 0 bridgehead atoms. The van der Waals surface area contributed by atoms with Gasteiger partial charge in [0.2, 0.25) is 0 Å². The second kappa shape index (κ2) is 12.6. The van der Waals surface area contributed by atoms with Crippen LogP contribution < -0.4 is 0 Å². The number of fused-ring (bicyclic) bond motifs is 3. The number of nitrogens with zero attached hydrogens (tertiary/aromatic N) is 4. The lowest BCUT2D eigenvalue weighted by atomic mass is 9.67. The molecule has 0 radical (unpaired) electrons. The average molecular weight is 653 g/mol. The van der Waals surface area contributed by atoms with Gasteiger partial charge in [0.25, 0.3) is 0 Å². The van der Waals surface area contributed by atoms with Crippen LogP contribution >= 0.6 is 0 Å². The van der Waals surface area contributed by atoms with Crippen LogP contribution in [-0.4, -0.2) is 15.0 Å². The molecule has 2 aliphatic carbocycles. The highest BCUT2D eigenvalue weighted by Gasteiger charge is 2.46. The Morgan fingerprint density at radius 3 is 1.75 bits per heavy atom. The van der Waals surface area contributed by atoms with Crippen molar-refractivity contribution in [1.82, 2.24) is 15.0 Å². The molecule has 9 rings (SSSR count). The predicted octanol–water partition coefficient (Wildman–Crippen LogP) is 10.7. The predicted molar refractivity (Wildman–Crippen MR) is 204 cm³/mol. The molecule has 1 aromatic heterocycles. The van der Waals surface area contributed by atoms with E-state index in [0.29, 0.717) is 17.5 Å². The van der Waals surface area contributed by atoms with Crippen LogP contribution in [0.1, 0.15) is 34.2 Å². The monoisotopic (exact) mass is 652 g/mol. The normalized spacial score (nSPS) is 15.4. The first-order valence-corrected chi connectivity index (χ1v) is 17.3. The number of benzene rings is 6. The first-order valence-electron chi connectivity index (χ1n) is 17.3. The fourth-order valence-corrected chi connectivity index (χ4v) is 7.74. The van der Waals surface area contributed by atoms with Crippen LogP contribution in [0.15, 0.2) is 176 Å². The van der Waals surface area contributed by atoms with E-state index >= 15 is 0 Å². The molecule has 1 heterocycles. The lowest BCUT2D eigenvalue weighted by molar-refractivity contribution is 0.768. The van der Waals surface area contributed by atoms with Gasteiger partial charge in [-0.1, -0.05) is 164 Å². The number of aromatic nitrogens is 3. The van der Waals surface area contributed by atoms with Crippen LogP contribution in [-0.2, 0) is 5.41 Å². The summed E-state index contributed by atoms with van der Waals surface area (Å²) in [6.07, 6.45) is 6.94. The quantitative estimate of drug-likeness (QED) is 0.179. The van der Waals surface area contributed by atoms with Gasteiger partial charge in [-0.2, -0.15) is 5.26 Å². The van der Waals surface area contributed by atoms with Crippen LogP contribution in [0.2, 0.25) is 0 Å². The summed E-state index contributed by atoms with van der Waals surface area (Å²) in [5.74, 6) is 1.69. The van der Waals surface area contributed by atoms with Gasteiger partial charge in [0.1, 0.15) is 0 Å². The van der Waals surface area contributed by atoms with Crippen LogP contribution in [0.25, 0.3) is 50.9 Å². The molecule has 4 heteroatoms. The first kappa shape index (κ1) is 30.4. The van der Waals surface area contributed by atoms with Gasteiger partial charge in [-0.15, -0.1) is 0 Å². The maximum Gasteiger partial charge on any atom is 0.164 e. The van der Waals surface area contributed by atoms with E-state index in [-0.39, 0.29) is 5.92 Å². The lowest BCUT2D eigenvalue weighted by Gasteiger charge is -2.34. The van der Waals surface area contributed by atoms with Crippen molar-refractivity contribution < 1.29 is 0 Å². The summed E-state index contributed by atoms with van der Waals surface area (Å²) in [5, 5.41) is 9.58. The molecular formula is C47H32N4. The fraction of sp³-hybridized carbons (Fsp3) is 0.0638. The zero-order valence-corrected chi connectivity index (χ0v) is 27.8. The summed E-state index contributed by atoms with van der Waals surface area (Å²) >= 11 is 0. The highest BCUT2D eigenvalue weighted by atomic mass is 15.0. The van der Waals surface area contributed by atoms with E-state index in [1.54, 1.807) is 0 Å². The number of nitriles is 1. The molecule has 4 nitrogen and oxygen atoms in total. The second-order valence-corrected chi connectivity index (χ2v) is 13.0. The maximum atomic E-state index is 9.58. The van der Waals surface area contributed by atoms with Gasteiger partial charge in [0.05, 0.1) is 17.4 Å². The fourth-order valence-electron chi connectivity index (χ4n) is 7.74. The summed E-state index contributed by atoms with van der Waals surface area (Å²) in [6.45, 7) is 0. The molecule has 0 aliphatic heterocycles. The van der Waals surface area contributed by atoms with Gasteiger partial charge in [0.15, 0.2) is 17.5 Å². The molecule has 2 aliphatic rings. The van der Waals surface area contributed by atoms with E-state index in [2.05, 4.69) is 133 Å². The molecule has 0 saturated carbocycles. The van der Waals surface area contributed by atoms with Gasteiger partial charge in [-0.05, 0) is 63.1 Å². The smallest absolute Gasteiger partial charge is 0.164 e. The van der Waals surface area contributed by atoms with Crippen molar-refractivity contribution in [2.24, 2.45) is 5.92 Å². The van der Waals surface area contributed by atoms with Crippen LogP contribution in [0.4, 0.5) is 0 Å². The Balaban J connectivity index is 1.26. The Kier molecular flexibility index (Phi) is 7.52. The molecule has 6 aromatic carbocycles. The Hall–Kier alpha value is -6.70. The lowest BCUT2D eigenvalue weighted by Crippen LogP contribution is -2.28. The minimum Gasteiger partial charge on any atom is -0.208 e. The molecule has 0 saturated heterocycles. The van der Waals surface area contributed by atoms with Gasteiger partial charge in [-0.25, -0.2) is 15.0 Å². The highest BCUT2D eigenvalue weighted by Crippen LogP contribution is 2.56. The Morgan fingerprint density at radius 1 is 0.510 bits per heavy atom. The van der Waals surface area contributed by atoms with Crippen molar-refractivity contribution in [2.75, 3.05) is 0 Å². The van der Waals surface area contributed by atoms with E-state index < -0.39 is 5.41 Å². The molecule has 0 amide bonds. The summed E-state index contributed by atoms with van der Waals surface area (Å²) < 4.78 is 0. The van der Waals surface area contributed by atoms with Crippen molar-refractivity contribution in [1.29, 1.82) is 5.26 Å². The molecule has 7 aromatic rings. The maximum absolute atomic E-state index is 9.58. The van der Waals surface area contributed by atoms with Crippen molar-refractivity contribution >= 4 is 5.57 Å². The van der Waals surface area contributed by atoms with E-state index in [4.69, 9.17) is 15.0 Å². The Bertz CT molecular complexity index is 2470. The third kappa shape index (κ3) is 5.19. The standard InChI is InChI=1S/C47H32N4/c48-31-32-14-12-17-34(28-32)35-18-13-19-36(29-35)45-49-44(33-15-4-1-5-16-33)50-46(51-45)37-26-27-41-40-24-10-11-25-42(40)47(43(41)30-37,38-20-6-2-7-21-38)39-22-8-3-9-23-39/h1-13,15-30,32H,14H2. The number of hydrogen-bond donors (Lipinski definition) is 0. The highest BCUT2D eigenvalue weighted by molar-refractivity contribution is 5.88. The molecule has 240 valence electrons. The minimum absolute atomic E-state index is 0.132. The zero-order chi connectivity index (χ0) is 34.2. The van der Waals surface area contributed by atoms with Gasteiger partial charge in [-0.3, -0.25) is 0 Å². The number of rotatable bonds is 6. The van der Waals surface area contributed by atoms with Gasteiger partial charge < -0.3 is 0 Å². The van der Waals surface area contributed by atoms with Crippen molar-refractivity contribution in [2.45, 2.75) is 11.8 Å². The number of allylic oxidation sites excluding steroid dienone is 4. The molecular weight excluding hydrogens is 621 g/mol. The zero-order valence-electron chi connectivity index (χ0n) is 27.8. The largest absolute Gasteiger partial charge is 0.208 e. The topological polar surface area (TPSA) is 62.5 Å². The van der Waals surface area contributed by atoms with Crippen LogP contribution in [0, 0.1) is 17.2 Å². The minimum atomic E-state index is -0.528. The molecule has 0 N–H and O–H groups in total. The summed E-state index contributed by atoms with van der Waals surface area (Å²) in [7, 11) is 0. The van der Waals surface area contributed by atoms with E-state index in [1.807, 2.05) is 48.5 Å². The van der Waals surface area contributed by atoms with E-state index in [9.17, 15) is 5.26 Å². The van der Waals surface area contributed by atoms with Crippen molar-refractivity contribution in [3.05, 3.63) is 204 Å². The second-order valence-electron chi connectivity index (χ2n) is 13.0. The van der Waals surface area contributed by atoms with E-state index in [0.717, 1.165) is 34.2 Å². The third-order valence-electron chi connectivity index (χ3n) is 10.1. The summed E-state index contributed by atoms with van der Waals surface area (Å²) in [5.41, 5.74) is 11.6. The molecule has 1 unspecified atom stereocenters. The molecule has 0 fully saturated rings. The third-order valence-corrected chi connectivity index (χ3v) is 10.1. The molecule has 0 spiro atoms. The molecule has 51 heavy (non-hydrogen) atoms. The average Bonchev–Trinajstić information content (AvgIpc) is 3.52. The Morgan fingerprint density at radius 2 is 1.06 bits per heavy atom. The van der Waals surface area contributed by atoms with Crippen LogP contribution in [0.3, 0.4) is 0 Å². The van der Waals surface area contributed by atoms with Crippen LogP contribution in [0.5, 0.6) is 0 Å². The van der Waals surface area contributed by atoms with E-state index in [1.165, 1.54) is 33.4 Å². The summed E-state index contributed by atoms with van der Waals surface area (Å²) in [6, 6.07) is 57.8. The first-order chi connectivity index (χ1) is 25.2. The Labute approximate surface area is 297 Å². The van der Waals surface area contributed by atoms with Gasteiger partial charge in [0, 0.05) is 16.7 Å².